The number of methoxy groups -OCH3 is 1. The maximum Gasteiger partial charge on any atom is 0.123 e. The van der Waals surface area contributed by atoms with Crippen LogP contribution in [0.3, 0.4) is 0 Å². The predicted octanol–water partition coefficient (Wildman–Crippen LogP) is 3.09. The van der Waals surface area contributed by atoms with Crippen molar-refractivity contribution in [2.75, 3.05) is 20.2 Å². The van der Waals surface area contributed by atoms with E-state index in [9.17, 15) is 0 Å². The molecule has 0 heterocycles. The topological polar surface area (TPSA) is 12.5 Å². The summed E-state index contributed by atoms with van der Waals surface area (Å²) >= 11 is 9.14. The van der Waals surface area contributed by atoms with Gasteiger partial charge in [-0.2, -0.15) is 0 Å². The molecule has 0 radical (unpaired) electrons. The van der Waals surface area contributed by atoms with Crippen molar-refractivity contribution in [3.05, 3.63) is 28.2 Å². The molecule has 0 saturated carbocycles. The minimum absolute atomic E-state index is 0.510. The molecule has 0 amide bonds. The van der Waals surface area contributed by atoms with E-state index in [1.807, 2.05) is 30.1 Å². The van der Waals surface area contributed by atoms with Gasteiger partial charge in [0.05, 0.1) is 13.1 Å². The van der Waals surface area contributed by atoms with Gasteiger partial charge in [0.25, 0.3) is 0 Å². The SMILES string of the molecule is COc1ccc(Br)cc1CN(C)CCl. The second-order valence-electron chi connectivity index (χ2n) is 3.09. The molecule has 0 unspecified atom stereocenters. The Hall–Kier alpha value is -0.250. The highest BCUT2D eigenvalue weighted by molar-refractivity contribution is 9.10. The zero-order valence-electron chi connectivity index (χ0n) is 8.26. The van der Waals surface area contributed by atoms with Crippen LogP contribution in [0.5, 0.6) is 5.75 Å². The van der Waals surface area contributed by atoms with Crippen LogP contribution >= 0.6 is 27.5 Å². The van der Waals surface area contributed by atoms with Crippen LogP contribution in [0.4, 0.5) is 0 Å². The van der Waals surface area contributed by atoms with Gasteiger partial charge in [-0.15, -0.1) is 11.6 Å². The van der Waals surface area contributed by atoms with Crippen LogP contribution in [0.25, 0.3) is 0 Å². The smallest absolute Gasteiger partial charge is 0.123 e. The molecule has 2 nitrogen and oxygen atoms in total. The fraction of sp³-hybridized carbons (Fsp3) is 0.400. The van der Waals surface area contributed by atoms with Gasteiger partial charge in [0.15, 0.2) is 0 Å². The first-order valence-electron chi connectivity index (χ1n) is 4.24. The summed E-state index contributed by atoms with van der Waals surface area (Å²) in [7, 11) is 3.64. The molecule has 0 fully saturated rings. The molecule has 14 heavy (non-hydrogen) atoms. The number of hydrogen-bond donors (Lipinski definition) is 0. The van der Waals surface area contributed by atoms with Gasteiger partial charge >= 0.3 is 0 Å². The van der Waals surface area contributed by atoms with Gasteiger partial charge in [-0.25, -0.2) is 0 Å². The lowest BCUT2D eigenvalue weighted by Gasteiger charge is -2.15. The molecule has 0 aliphatic heterocycles. The average molecular weight is 279 g/mol. The zero-order chi connectivity index (χ0) is 10.6. The van der Waals surface area contributed by atoms with E-state index in [0.717, 1.165) is 22.3 Å². The predicted molar refractivity (Wildman–Crippen MR) is 62.9 cm³/mol. The Morgan fingerprint density at radius 2 is 2.21 bits per heavy atom. The number of hydrogen-bond acceptors (Lipinski definition) is 2. The summed E-state index contributed by atoms with van der Waals surface area (Å²) in [5.74, 6) is 0.894. The Labute approximate surface area is 97.9 Å². The Kier molecular flexibility index (Phi) is 4.72. The molecule has 4 heteroatoms. The Morgan fingerprint density at radius 3 is 2.79 bits per heavy atom. The van der Waals surface area contributed by atoms with Crippen LogP contribution in [0, 0.1) is 0 Å². The third-order valence-corrected chi connectivity index (χ3v) is 2.79. The summed E-state index contributed by atoms with van der Waals surface area (Å²) in [6, 6.07) is 6.46. The fourth-order valence-electron chi connectivity index (χ4n) is 1.20. The van der Waals surface area contributed by atoms with E-state index in [2.05, 4.69) is 15.9 Å². The molecule has 78 valence electrons. The van der Waals surface area contributed by atoms with Crippen molar-refractivity contribution < 1.29 is 4.74 Å². The van der Waals surface area contributed by atoms with E-state index >= 15 is 0 Å². The standard InChI is InChI=1S/C10H13BrClNO/c1-13(7-12)6-8-5-9(11)3-4-10(8)14-2/h3-5H,6-7H2,1-2H3. The molecule has 0 aliphatic rings. The van der Waals surface area contributed by atoms with Gasteiger partial charge in [-0.05, 0) is 25.2 Å². The number of rotatable bonds is 4. The Bertz CT molecular complexity index is 306. The van der Waals surface area contributed by atoms with Crippen molar-refractivity contribution in [1.29, 1.82) is 0 Å². The Morgan fingerprint density at radius 1 is 1.50 bits per heavy atom. The van der Waals surface area contributed by atoms with E-state index < -0.39 is 0 Å². The number of alkyl halides is 1. The highest BCUT2D eigenvalue weighted by Gasteiger charge is 2.05. The largest absolute Gasteiger partial charge is 0.496 e. The quantitative estimate of drug-likeness (QED) is 0.620. The van der Waals surface area contributed by atoms with Crippen molar-refractivity contribution in [2.24, 2.45) is 0 Å². The van der Waals surface area contributed by atoms with E-state index in [-0.39, 0.29) is 0 Å². The first kappa shape index (κ1) is 11.8. The minimum Gasteiger partial charge on any atom is -0.496 e. The fourth-order valence-corrected chi connectivity index (χ4v) is 1.70. The number of ether oxygens (including phenoxy) is 1. The molecular formula is C10H13BrClNO. The van der Waals surface area contributed by atoms with Gasteiger partial charge < -0.3 is 4.74 Å². The lowest BCUT2D eigenvalue weighted by atomic mass is 10.2. The lowest BCUT2D eigenvalue weighted by molar-refractivity contribution is 0.360. The average Bonchev–Trinajstić information content (AvgIpc) is 2.18. The molecule has 0 saturated heterocycles. The van der Waals surface area contributed by atoms with E-state index in [0.29, 0.717) is 6.00 Å². The molecule has 1 aromatic rings. The molecule has 0 aromatic heterocycles. The molecule has 1 rings (SSSR count). The van der Waals surface area contributed by atoms with Crippen LogP contribution in [-0.2, 0) is 6.54 Å². The van der Waals surface area contributed by atoms with Crippen molar-refractivity contribution in [2.45, 2.75) is 6.54 Å². The number of halogens is 2. The summed E-state index contributed by atoms with van der Waals surface area (Å²) in [5.41, 5.74) is 1.13. The second-order valence-corrected chi connectivity index (χ2v) is 4.24. The van der Waals surface area contributed by atoms with Crippen molar-refractivity contribution >= 4 is 27.5 Å². The van der Waals surface area contributed by atoms with Crippen molar-refractivity contribution in [3.8, 4) is 5.75 Å². The summed E-state index contributed by atoms with van der Waals surface area (Å²) in [6.07, 6.45) is 0. The summed E-state index contributed by atoms with van der Waals surface area (Å²) < 4.78 is 6.31. The van der Waals surface area contributed by atoms with Gasteiger partial charge in [0.2, 0.25) is 0 Å². The Balaban J connectivity index is 2.87. The molecule has 0 N–H and O–H groups in total. The lowest BCUT2D eigenvalue weighted by Crippen LogP contribution is -2.15. The summed E-state index contributed by atoms with van der Waals surface area (Å²) in [6.45, 7) is 0.784. The highest BCUT2D eigenvalue weighted by atomic mass is 79.9. The van der Waals surface area contributed by atoms with Crippen LogP contribution in [0.15, 0.2) is 22.7 Å². The maximum atomic E-state index is 5.71. The van der Waals surface area contributed by atoms with Crippen LogP contribution in [-0.4, -0.2) is 25.1 Å². The van der Waals surface area contributed by atoms with Gasteiger partial charge in [-0.3, -0.25) is 4.90 Å². The molecule has 0 aliphatic carbocycles. The molecule has 0 atom stereocenters. The molecule has 0 spiro atoms. The highest BCUT2D eigenvalue weighted by Crippen LogP contribution is 2.23. The van der Waals surface area contributed by atoms with Crippen LogP contribution in [0.1, 0.15) is 5.56 Å². The van der Waals surface area contributed by atoms with E-state index in [4.69, 9.17) is 16.3 Å². The van der Waals surface area contributed by atoms with E-state index in [1.165, 1.54) is 0 Å². The van der Waals surface area contributed by atoms with Crippen molar-refractivity contribution in [3.63, 3.8) is 0 Å². The first-order chi connectivity index (χ1) is 6.67. The number of nitrogens with zero attached hydrogens (tertiary/aromatic N) is 1. The molecular weight excluding hydrogens is 265 g/mol. The number of benzene rings is 1. The van der Waals surface area contributed by atoms with Gasteiger partial charge in [-0.1, -0.05) is 15.9 Å². The molecule has 1 aromatic carbocycles. The monoisotopic (exact) mass is 277 g/mol. The second kappa shape index (κ2) is 5.59. The first-order valence-corrected chi connectivity index (χ1v) is 5.57. The minimum atomic E-state index is 0.510. The van der Waals surface area contributed by atoms with Gasteiger partial charge in [0.1, 0.15) is 5.75 Å². The summed E-state index contributed by atoms with van der Waals surface area (Å²) in [5, 5.41) is 0. The van der Waals surface area contributed by atoms with Gasteiger partial charge in [0, 0.05) is 16.6 Å². The van der Waals surface area contributed by atoms with E-state index in [1.54, 1.807) is 7.11 Å². The third-order valence-electron chi connectivity index (χ3n) is 1.89. The zero-order valence-corrected chi connectivity index (χ0v) is 10.6. The third kappa shape index (κ3) is 3.15. The van der Waals surface area contributed by atoms with Crippen LogP contribution in [0.2, 0.25) is 0 Å². The summed E-state index contributed by atoms with van der Waals surface area (Å²) in [4.78, 5) is 2.01. The molecule has 0 bridgehead atoms. The van der Waals surface area contributed by atoms with Crippen LogP contribution < -0.4 is 4.74 Å². The maximum absolute atomic E-state index is 5.71. The van der Waals surface area contributed by atoms with Crippen molar-refractivity contribution in [1.82, 2.24) is 4.90 Å². The normalized spacial score (nSPS) is 10.6.